The van der Waals surface area contributed by atoms with Crippen LogP contribution in [0.2, 0.25) is 0 Å². The number of benzene rings is 1. The first-order chi connectivity index (χ1) is 5.61. The summed E-state index contributed by atoms with van der Waals surface area (Å²) in [6.45, 7) is 6.40. The molecule has 0 heterocycles. The molecule has 74 valence electrons. The Balaban J connectivity index is 0.00000144. The van der Waals surface area contributed by atoms with Crippen LogP contribution in [0.25, 0.3) is 0 Å². The van der Waals surface area contributed by atoms with Crippen molar-refractivity contribution in [1.29, 1.82) is 0 Å². The first kappa shape index (κ1) is 12.5. The van der Waals surface area contributed by atoms with E-state index in [0.717, 1.165) is 0 Å². The maximum absolute atomic E-state index is 5.78. The number of nitrogens with two attached hydrogens (primary N) is 1. The SMILES string of the molecule is CC(C)c1cccc([C@@H](C)N)c1.Cl. The molecule has 0 amide bonds. The van der Waals surface area contributed by atoms with Crippen molar-refractivity contribution in [3.05, 3.63) is 35.4 Å². The van der Waals surface area contributed by atoms with Gasteiger partial charge < -0.3 is 5.73 Å². The summed E-state index contributed by atoms with van der Waals surface area (Å²) >= 11 is 0. The van der Waals surface area contributed by atoms with Gasteiger partial charge in [-0.2, -0.15) is 0 Å². The third-order valence-corrected chi connectivity index (χ3v) is 2.10. The molecule has 0 saturated heterocycles. The highest BCUT2D eigenvalue weighted by Crippen LogP contribution is 2.18. The number of hydrogen-bond acceptors (Lipinski definition) is 1. The molecule has 0 bridgehead atoms. The molecule has 1 aromatic rings. The average molecular weight is 200 g/mol. The second-order valence-corrected chi connectivity index (χ2v) is 3.61. The van der Waals surface area contributed by atoms with Crippen molar-refractivity contribution in [2.45, 2.75) is 32.7 Å². The van der Waals surface area contributed by atoms with Gasteiger partial charge in [0.05, 0.1) is 0 Å². The third-order valence-electron chi connectivity index (χ3n) is 2.10. The van der Waals surface area contributed by atoms with Crippen LogP contribution in [0.1, 0.15) is 43.9 Å². The van der Waals surface area contributed by atoms with Gasteiger partial charge in [0.15, 0.2) is 0 Å². The van der Waals surface area contributed by atoms with Crippen molar-refractivity contribution in [2.24, 2.45) is 5.73 Å². The Labute approximate surface area is 86.7 Å². The van der Waals surface area contributed by atoms with Gasteiger partial charge in [-0.1, -0.05) is 38.1 Å². The van der Waals surface area contributed by atoms with Gasteiger partial charge in [-0.25, -0.2) is 0 Å². The van der Waals surface area contributed by atoms with E-state index in [1.807, 2.05) is 6.92 Å². The Morgan fingerprint density at radius 3 is 2.08 bits per heavy atom. The van der Waals surface area contributed by atoms with Gasteiger partial charge in [-0.3, -0.25) is 0 Å². The largest absolute Gasteiger partial charge is 0.324 e. The first-order valence-corrected chi connectivity index (χ1v) is 4.46. The second-order valence-electron chi connectivity index (χ2n) is 3.61. The summed E-state index contributed by atoms with van der Waals surface area (Å²) in [7, 11) is 0. The molecule has 0 saturated carbocycles. The van der Waals surface area contributed by atoms with Crippen molar-refractivity contribution in [1.82, 2.24) is 0 Å². The van der Waals surface area contributed by atoms with Crippen LogP contribution in [-0.2, 0) is 0 Å². The van der Waals surface area contributed by atoms with E-state index in [9.17, 15) is 0 Å². The summed E-state index contributed by atoms with van der Waals surface area (Å²) in [5.74, 6) is 0.587. The first-order valence-electron chi connectivity index (χ1n) is 4.46. The normalized spacial score (nSPS) is 12.4. The molecule has 0 aliphatic rings. The minimum atomic E-state index is 0. The van der Waals surface area contributed by atoms with Crippen molar-refractivity contribution < 1.29 is 0 Å². The van der Waals surface area contributed by atoms with E-state index < -0.39 is 0 Å². The van der Waals surface area contributed by atoms with Crippen LogP contribution in [0.15, 0.2) is 24.3 Å². The van der Waals surface area contributed by atoms with Crippen molar-refractivity contribution in [3.63, 3.8) is 0 Å². The third kappa shape index (κ3) is 3.37. The van der Waals surface area contributed by atoms with E-state index in [0.29, 0.717) is 5.92 Å². The lowest BCUT2D eigenvalue weighted by molar-refractivity contribution is 0.803. The van der Waals surface area contributed by atoms with Crippen LogP contribution in [-0.4, -0.2) is 0 Å². The highest BCUT2D eigenvalue weighted by molar-refractivity contribution is 5.85. The van der Waals surface area contributed by atoms with Gasteiger partial charge in [0.2, 0.25) is 0 Å². The van der Waals surface area contributed by atoms with Crippen molar-refractivity contribution in [2.75, 3.05) is 0 Å². The topological polar surface area (TPSA) is 26.0 Å². The van der Waals surface area contributed by atoms with Crippen LogP contribution in [0.3, 0.4) is 0 Å². The molecule has 1 atom stereocenters. The molecular weight excluding hydrogens is 182 g/mol. The van der Waals surface area contributed by atoms with Gasteiger partial charge in [0.1, 0.15) is 0 Å². The van der Waals surface area contributed by atoms with Gasteiger partial charge in [0, 0.05) is 6.04 Å². The molecule has 1 nitrogen and oxygen atoms in total. The zero-order valence-electron chi connectivity index (χ0n) is 8.45. The Morgan fingerprint density at radius 2 is 1.62 bits per heavy atom. The number of halogens is 1. The van der Waals surface area contributed by atoms with Crippen molar-refractivity contribution in [3.8, 4) is 0 Å². The van der Waals surface area contributed by atoms with Crippen LogP contribution >= 0.6 is 12.4 Å². The van der Waals surface area contributed by atoms with Crippen LogP contribution < -0.4 is 5.73 Å². The minimum absolute atomic E-state index is 0. The van der Waals surface area contributed by atoms with Gasteiger partial charge in [0.25, 0.3) is 0 Å². The van der Waals surface area contributed by atoms with E-state index in [-0.39, 0.29) is 18.4 Å². The van der Waals surface area contributed by atoms with Gasteiger partial charge >= 0.3 is 0 Å². The molecule has 0 fully saturated rings. The van der Waals surface area contributed by atoms with Gasteiger partial charge in [-0.05, 0) is 24.0 Å². The molecule has 2 N–H and O–H groups in total. The van der Waals surface area contributed by atoms with Crippen LogP contribution in [0.5, 0.6) is 0 Å². The Bertz CT molecular complexity index is 233. The van der Waals surface area contributed by atoms with Crippen LogP contribution in [0, 0.1) is 0 Å². The molecule has 1 rings (SSSR count). The Morgan fingerprint density at radius 1 is 1.08 bits per heavy atom. The fraction of sp³-hybridized carbons (Fsp3) is 0.455. The van der Waals surface area contributed by atoms with Crippen molar-refractivity contribution >= 4 is 12.4 Å². The van der Waals surface area contributed by atoms with E-state index in [1.54, 1.807) is 0 Å². The van der Waals surface area contributed by atoms with E-state index in [1.165, 1.54) is 11.1 Å². The average Bonchev–Trinajstić information content (AvgIpc) is 2.04. The highest BCUT2D eigenvalue weighted by Gasteiger charge is 2.02. The molecule has 1 aromatic carbocycles. The zero-order chi connectivity index (χ0) is 9.14. The molecular formula is C11H18ClN. The maximum atomic E-state index is 5.78. The lowest BCUT2D eigenvalue weighted by Gasteiger charge is -2.10. The summed E-state index contributed by atoms with van der Waals surface area (Å²) in [5.41, 5.74) is 8.37. The molecule has 2 heteroatoms. The minimum Gasteiger partial charge on any atom is -0.324 e. The predicted octanol–water partition coefficient (Wildman–Crippen LogP) is 3.25. The summed E-state index contributed by atoms with van der Waals surface area (Å²) in [4.78, 5) is 0. The zero-order valence-corrected chi connectivity index (χ0v) is 9.27. The highest BCUT2D eigenvalue weighted by atomic mass is 35.5. The smallest absolute Gasteiger partial charge is 0.0266 e. The monoisotopic (exact) mass is 199 g/mol. The maximum Gasteiger partial charge on any atom is 0.0266 e. The fourth-order valence-electron chi connectivity index (χ4n) is 1.20. The molecule has 13 heavy (non-hydrogen) atoms. The molecule has 0 spiro atoms. The van der Waals surface area contributed by atoms with Gasteiger partial charge in [-0.15, -0.1) is 12.4 Å². The fourth-order valence-corrected chi connectivity index (χ4v) is 1.20. The summed E-state index contributed by atoms with van der Waals surface area (Å²) < 4.78 is 0. The van der Waals surface area contributed by atoms with E-state index >= 15 is 0 Å². The number of hydrogen-bond donors (Lipinski definition) is 1. The summed E-state index contributed by atoms with van der Waals surface area (Å²) in [5, 5.41) is 0. The second kappa shape index (κ2) is 5.25. The van der Waals surface area contributed by atoms with E-state index in [2.05, 4.69) is 38.1 Å². The molecule has 0 aliphatic heterocycles. The summed E-state index contributed by atoms with van der Waals surface area (Å²) in [6, 6.07) is 8.64. The molecule has 0 radical (unpaired) electrons. The summed E-state index contributed by atoms with van der Waals surface area (Å²) in [6.07, 6.45) is 0. The Kier molecular flexibility index (Phi) is 5.04. The quantitative estimate of drug-likeness (QED) is 0.778. The Hall–Kier alpha value is -0.530. The lowest BCUT2D eigenvalue weighted by atomic mass is 9.99. The lowest BCUT2D eigenvalue weighted by Crippen LogP contribution is -2.05. The molecule has 0 aliphatic carbocycles. The molecule has 0 aromatic heterocycles. The standard InChI is InChI=1S/C11H17N.ClH/c1-8(2)10-5-4-6-11(7-10)9(3)12;/h4-9H,12H2,1-3H3;1H/t9-;/m1./s1. The number of rotatable bonds is 2. The molecule has 0 unspecified atom stereocenters. The predicted molar refractivity (Wildman–Crippen MR) is 60.4 cm³/mol. The van der Waals surface area contributed by atoms with E-state index in [4.69, 9.17) is 5.73 Å². The van der Waals surface area contributed by atoms with Crippen LogP contribution in [0.4, 0.5) is 0 Å².